The van der Waals surface area contributed by atoms with Gasteiger partial charge in [-0.25, -0.2) is 0 Å². The second-order valence-electron chi connectivity index (χ2n) is 5.40. The summed E-state index contributed by atoms with van der Waals surface area (Å²) in [4.78, 5) is 4.17. The Morgan fingerprint density at radius 3 is 2.62 bits per heavy atom. The first-order chi connectivity index (χ1) is 11.1. The Bertz CT molecular complexity index is 538. The number of nitrogens with one attached hydrogen (secondary N) is 2. The molecule has 0 bridgehead atoms. The van der Waals surface area contributed by atoms with Crippen LogP contribution in [0.3, 0.4) is 0 Å². The molecule has 0 radical (unpaired) electrons. The summed E-state index contributed by atoms with van der Waals surface area (Å²) in [6.07, 6.45) is 4.70. The maximum atomic E-state index is 12.6. The monoisotopic (exact) mass is 455 g/mol. The second kappa shape index (κ2) is 10.5. The van der Waals surface area contributed by atoms with E-state index in [0.717, 1.165) is 12.8 Å². The number of benzene rings is 1. The molecule has 2 rings (SSSR count). The first kappa shape index (κ1) is 20.7. The smallest absolute Gasteiger partial charge is 0.387 e. The van der Waals surface area contributed by atoms with Crippen LogP contribution in [0.5, 0.6) is 11.5 Å². The first-order valence-electron chi connectivity index (χ1n) is 7.71. The molecule has 5 nitrogen and oxygen atoms in total. The molecule has 1 aromatic rings. The predicted octanol–water partition coefficient (Wildman–Crippen LogP) is 3.52. The summed E-state index contributed by atoms with van der Waals surface area (Å²) in [6.45, 7) is -2.55. The summed E-state index contributed by atoms with van der Waals surface area (Å²) in [5.41, 5.74) is 0.612. The lowest BCUT2D eigenvalue weighted by Crippen LogP contribution is -2.42. The van der Waals surface area contributed by atoms with E-state index < -0.39 is 6.61 Å². The minimum Gasteiger partial charge on any atom is -0.497 e. The maximum Gasteiger partial charge on any atom is 0.387 e. The fourth-order valence-electron chi connectivity index (χ4n) is 2.65. The fourth-order valence-corrected chi connectivity index (χ4v) is 2.65. The van der Waals surface area contributed by atoms with E-state index in [-0.39, 0.29) is 29.7 Å². The van der Waals surface area contributed by atoms with Crippen LogP contribution in [0, 0.1) is 0 Å². The van der Waals surface area contributed by atoms with Gasteiger partial charge in [-0.15, -0.1) is 24.0 Å². The van der Waals surface area contributed by atoms with Crippen LogP contribution in [0.1, 0.15) is 31.2 Å². The lowest BCUT2D eigenvalue weighted by Gasteiger charge is -2.18. The van der Waals surface area contributed by atoms with Crippen molar-refractivity contribution >= 4 is 29.9 Å². The van der Waals surface area contributed by atoms with Gasteiger partial charge in [0.25, 0.3) is 0 Å². The first-order valence-corrected chi connectivity index (χ1v) is 7.71. The molecule has 0 unspecified atom stereocenters. The zero-order chi connectivity index (χ0) is 16.7. The van der Waals surface area contributed by atoms with Gasteiger partial charge in [-0.05, 0) is 25.0 Å². The second-order valence-corrected chi connectivity index (χ2v) is 5.40. The van der Waals surface area contributed by atoms with Gasteiger partial charge in [0.15, 0.2) is 5.96 Å². The maximum absolute atomic E-state index is 12.6. The van der Waals surface area contributed by atoms with Crippen molar-refractivity contribution in [1.82, 2.24) is 10.6 Å². The van der Waals surface area contributed by atoms with E-state index >= 15 is 0 Å². The summed E-state index contributed by atoms with van der Waals surface area (Å²) < 4.78 is 34.7. The van der Waals surface area contributed by atoms with Crippen molar-refractivity contribution in [2.45, 2.75) is 44.9 Å². The predicted molar refractivity (Wildman–Crippen MR) is 101 cm³/mol. The van der Waals surface area contributed by atoms with Crippen molar-refractivity contribution in [3.8, 4) is 11.5 Å². The van der Waals surface area contributed by atoms with Gasteiger partial charge in [0.2, 0.25) is 0 Å². The third kappa shape index (κ3) is 6.29. The van der Waals surface area contributed by atoms with E-state index in [1.54, 1.807) is 19.2 Å². The number of hydrogen-bond donors (Lipinski definition) is 2. The Hall–Kier alpha value is -1.32. The number of nitrogens with zero attached hydrogens (tertiary/aromatic N) is 1. The largest absolute Gasteiger partial charge is 0.497 e. The molecule has 1 aliphatic carbocycles. The molecule has 136 valence electrons. The lowest BCUT2D eigenvalue weighted by molar-refractivity contribution is -0.0505. The van der Waals surface area contributed by atoms with E-state index in [9.17, 15) is 8.78 Å². The quantitative estimate of drug-likeness (QED) is 0.392. The standard InChI is InChI=1S/C16H23F2N3O2.HI/c1-19-16(21-12-5-3-4-6-12)20-10-11-7-8-13(22-2)9-14(11)23-15(17)18;/h7-9,12,15H,3-6,10H2,1-2H3,(H2,19,20,21);1H. The molecule has 8 heteroatoms. The van der Waals surface area contributed by atoms with Crippen LogP contribution in [0.4, 0.5) is 8.78 Å². The number of rotatable bonds is 6. The number of alkyl halides is 2. The third-order valence-corrected chi connectivity index (χ3v) is 3.86. The summed E-state index contributed by atoms with van der Waals surface area (Å²) >= 11 is 0. The Morgan fingerprint density at radius 1 is 1.33 bits per heavy atom. The van der Waals surface area contributed by atoms with Crippen molar-refractivity contribution in [3.63, 3.8) is 0 Å². The van der Waals surface area contributed by atoms with Crippen LogP contribution in [0.2, 0.25) is 0 Å². The van der Waals surface area contributed by atoms with Gasteiger partial charge in [0.05, 0.1) is 7.11 Å². The molecule has 24 heavy (non-hydrogen) atoms. The molecule has 0 heterocycles. The van der Waals surface area contributed by atoms with Crippen molar-refractivity contribution in [2.24, 2.45) is 4.99 Å². The SMILES string of the molecule is CN=C(NCc1ccc(OC)cc1OC(F)F)NC1CCCC1.I. The highest BCUT2D eigenvalue weighted by atomic mass is 127. The lowest BCUT2D eigenvalue weighted by atomic mass is 10.2. The Balaban J connectivity index is 0.00000288. The molecule has 2 N–H and O–H groups in total. The molecule has 0 spiro atoms. The van der Waals surface area contributed by atoms with Gasteiger partial charge in [-0.2, -0.15) is 8.78 Å². The zero-order valence-corrected chi connectivity index (χ0v) is 16.2. The van der Waals surface area contributed by atoms with E-state index in [2.05, 4.69) is 20.4 Å². The Kier molecular flexibility index (Phi) is 9.09. The number of methoxy groups -OCH3 is 1. The van der Waals surface area contributed by atoms with Gasteiger partial charge in [-0.1, -0.05) is 12.8 Å². The van der Waals surface area contributed by atoms with Crippen molar-refractivity contribution in [2.75, 3.05) is 14.2 Å². The topological polar surface area (TPSA) is 54.9 Å². The van der Waals surface area contributed by atoms with Crippen molar-refractivity contribution in [3.05, 3.63) is 23.8 Å². The molecule has 1 saturated carbocycles. The minimum atomic E-state index is -2.88. The third-order valence-electron chi connectivity index (χ3n) is 3.86. The molecule has 0 aliphatic heterocycles. The van der Waals surface area contributed by atoms with Crippen LogP contribution in [0.25, 0.3) is 0 Å². The van der Waals surface area contributed by atoms with Crippen LogP contribution in [-0.4, -0.2) is 32.8 Å². The number of hydrogen-bond acceptors (Lipinski definition) is 3. The van der Waals surface area contributed by atoms with Crippen LogP contribution in [-0.2, 0) is 6.54 Å². The van der Waals surface area contributed by atoms with E-state index in [4.69, 9.17) is 4.74 Å². The van der Waals surface area contributed by atoms with Crippen LogP contribution >= 0.6 is 24.0 Å². The van der Waals surface area contributed by atoms with Gasteiger partial charge >= 0.3 is 6.61 Å². The normalized spacial score (nSPS) is 15.1. The summed E-state index contributed by atoms with van der Waals surface area (Å²) in [6, 6.07) is 5.29. The van der Waals surface area contributed by atoms with Crippen molar-refractivity contribution < 1.29 is 18.3 Å². The Labute approximate surface area is 158 Å². The van der Waals surface area contributed by atoms with E-state index in [1.807, 2.05) is 0 Å². The number of halogens is 3. The molecule has 0 saturated heterocycles. The molecule has 1 aliphatic rings. The highest BCUT2D eigenvalue weighted by molar-refractivity contribution is 14.0. The summed E-state index contributed by atoms with van der Waals surface area (Å²) in [5.74, 6) is 1.23. The minimum absolute atomic E-state index is 0. The summed E-state index contributed by atoms with van der Waals surface area (Å²) in [5, 5.41) is 6.48. The van der Waals surface area contributed by atoms with Gasteiger partial charge in [0, 0.05) is 31.3 Å². The molecule has 1 fully saturated rings. The fraction of sp³-hybridized carbons (Fsp3) is 0.562. The van der Waals surface area contributed by atoms with Crippen LogP contribution < -0.4 is 20.1 Å². The number of ether oxygens (including phenoxy) is 2. The van der Waals surface area contributed by atoms with Crippen molar-refractivity contribution in [1.29, 1.82) is 0 Å². The molecule has 1 aromatic carbocycles. The van der Waals surface area contributed by atoms with Gasteiger partial charge in [0.1, 0.15) is 11.5 Å². The highest BCUT2D eigenvalue weighted by Gasteiger charge is 2.16. The zero-order valence-electron chi connectivity index (χ0n) is 13.9. The molecular formula is C16H24F2IN3O2. The molecule has 0 aromatic heterocycles. The average molecular weight is 455 g/mol. The van der Waals surface area contributed by atoms with E-state index in [0.29, 0.717) is 29.9 Å². The summed E-state index contributed by atoms with van der Waals surface area (Å²) in [7, 11) is 3.17. The number of guanidine groups is 1. The Morgan fingerprint density at radius 2 is 2.04 bits per heavy atom. The van der Waals surface area contributed by atoms with Crippen LogP contribution in [0.15, 0.2) is 23.2 Å². The van der Waals surface area contributed by atoms with Gasteiger partial charge < -0.3 is 20.1 Å². The molecular weight excluding hydrogens is 431 g/mol. The number of aliphatic imine (C=N–C) groups is 1. The van der Waals surface area contributed by atoms with E-state index in [1.165, 1.54) is 26.0 Å². The molecule has 0 amide bonds. The molecule has 0 atom stereocenters. The van der Waals surface area contributed by atoms with Gasteiger partial charge in [-0.3, -0.25) is 4.99 Å². The average Bonchev–Trinajstić information content (AvgIpc) is 3.04. The highest BCUT2D eigenvalue weighted by Crippen LogP contribution is 2.26.